The molecule has 0 aromatic carbocycles. The van der Waals surface area contributed by atoms with Gasteiger partial charge in [0.05, 0.1) is 6.20 Å². The Kier molecular flexibility index (Phi) is 2.32. The average molecular weight is 233 g/mol. The van der Waals surface area contributed by atoms with Gasteiger partial charge >= 0.3 is 0 Å². The highest BCUT2D eigenvalue weighted by Crippen LogP contribution is 2.26. The van der Waals surface area contributed by atoms with Crippen molar-refractivity contribution in [3.63, 3.8) is 0 Å². The summed E-state index contributed by atoms with van der Waals surface area (Å²) in [7, 11) is 0. The number of rotatable bonds is 1. The van der Waals surface area contributed by atoms with Crippen molar-refractivity contribution in [2.45, 2.75) is 18.9 Å². The molecule has 0 spiro atoms. The van der Waals surface area contributed by atoms with Crippen LogP contribution >= 0.6 is 0 Å². The number of fused-ring (bicyclic) bond motifs is 1. The zero-order chi connectivity index (χ0) is 11.8. The third kappa shape index (κ3) is 1.68. The Morgan fingerprint density at radius 3 is 2.76 bits per heavy atom. The second kappa shape index (κ2) is 3.85. The lowest BCUT2D eigenvalue weighted by atomic mass is 10.1. The normalized spacial score (nSPS) is 17.6. The smallest absolute Gasteiger partial charge is 0.222 e. The van der Waals surface area contributed by atoms with Gasteiger partial charge in [0.2, 0.25) is 11.9 Å². The maximum absolute atomic E-state index is 5.96. The van der Waals surface area contributed by atoms with Crippen LogP contribution in [0.15, 0.2) is 6.20 Å². The van der Waals surface area contributed by atoms with E-state index in [0.717, 1.165) is 31.6 Å². The molecule has 1 saturated heterocycles. The van der Waals surface area contributed by atoms with Gasteiger partial charge in [-0.05, 0) is 25.9 Å². The second-order valence-electron chi connectivity index (χ2n) is 4.26. The van der Waals surface area contributed by atoms with E-state index in [1.807, 2.05) is 4.57 Å². The molecule has 17 heavy (non-hydrogen) atoms. The molecule has 7 heteroatoms. The Hall–Kier alpha value is -1.89. The number of piperidine rings is 1. The van der Waals surface area contributed by atoms with Crippen LogP contribution in [0.2, 0.25) is 0 Å². The molecule has 7 nitrogen and oxygen atoms in total. The fourth-order valence-electron chi connectivity index (χ4n) is 2.35. The van der Waals surface area contributed by atoms with Gasteiger partial charge in [-0.15, -0.1) is 0 Å². The fraction of sp³-hybridized carbons (Fsp3) is 0.500. The molecule has 3 heterocycles. The minimum absolute atomic E-state index is 0.257. The van der Waals surface area contributed by atoms with Gasteiger partial charge < -0.3 is 16.8 Å². The Labute approximate surface area is 98.2 Å². The molecular weight excluding hydrogens is 218 g/mol. The maximum Gasteiger partial charge on any atom is 0.222 e. The molecule has 1 aliphatic rings. The Balaban J connectivity index is 2.13. The second-order valence-corrected chi connectivity index (χ2v) is 4.26. The van der Waals surface area contributed by atoms with E-state index in [1.54, 1.807) is 6.20 Å². The van der Waals surface area contributed by atoms with Gasteiger partial charge in [0.1, 0.15) is 5.52 Å². The summed E-state index contributed by atoms with van der Waals surface area (Å²) in [5.41, 5.74) is 13.0. The van der Waals surface area contributed by atoms with Crippen LogP contribution in [0, 0.1) is 0 Å². The molecule has 0 aliphatic carbocycles. The molecule has 1 fully saturated rings. The number of nitrogen functional groups attached to an aromatic ring is 2. The molecule has 0 bridgehead atoms. The number of nitrogens with two attached hydrogens (primary N) is 2. The number of anilines is 2. The van der Waals surface area contributed by atoms with Crippen molar-refractivity contribution < 1.29 is 0 Å². The van der Waals surface area contributed by atoms with Crippen LogP contribution in [0.3, 0.4) is 0 Å². The quantitative estimate of drug-likeness (QED) is 0.635. The summed E-state index contributed by atoms with van der Waals surface area (Å²) in [4.78, 5) is 12.4. The Morgan fingerprint density at radius 2 is 2.00 bits per heavy atom. The molecule has 90 valence electrons. The number of nitrogens with one attached hydrogen (secondary N) is 1. The number of hydrogen-bond acceptors (Lipinski definition) is 6. The van der Waals surface area contributed by atoms with Crippen molar-refractivity contribution in [2.24, 2.45) is 0 Å². The summed E-state index contributed by atoms with van der Waals surface area (Å²) in [6, 6.07) is 0.343. The predicted octanol–water partition coefficient (Wildman–Crippen LogP) is -0.0848. The van der Waals surface area contributed by atoms with E-state index in [0.29, 0.717) is 17.5 Å². The van der Waals surface area contributed by atoms with Crippen molar-refractivity contribution >= 4 is 23.1 Å². The fourth-order valence-corrected chi connectivity index (χ4v) is 2.35. The summed E-state index contributed by atoms with van der Waals surface area (Å²) < 4.78 is 1.98. The van der Waals surface area contributed by atoms with Crippen LogP contribution < -0.4 is 16.8 Å². The summed E-state index contributed by atoms with van der Waals surface area (Å²) >= 11 is 0. The molecule has 3 rings (SSSR count). The van der Waals surface area contributed by atoms with Crippen molar-refractivity contribution in [1.29, 1.82) is 0 Å². The molecule has 2 aromatic heterocycles. The van der Waals surface area contributed by atoms with E-state index >= 15 is 0 Å². The largest absolute Gasteiger partial charge is 0.369 e. The molecular formula is C10H15N7. The summed E-state index contributed by atoms with van der Waals surface area (Å²) in [5, 5.41) is 3.32. The van der Waals surface area contributed by atoms with Crippen LogP contribution in [0.4, 0.5) is 11.9 Å². The summed E-state index contributed by atoms with van der Waals surface area (Å²) in [5.74, 6) is 0.749. The van der Waals surface area contributed by atoms with Gasteiger partial charge in [-0.25, -0.2) is 9.97 Å². The third-order valence-corrected chi connectivity index (χ3v) is 3.15. The number of imidazole rings is 1. The van der Waals surface area contributed by atoms with Crippen molar-refractivity contribution in [1.82, 2.24) is 24.8 Å². The lowest BCUT2D eigenvalue weighted by molar-refractivity contribution is 0.377. The van der Waals surface area contributed by atoms with Gasteiger partial charge in [0.25, 0.3) is 0 Å². The first-order valence-corrected chi connectivity index (χ1v) is 5.72. The maximum atomic E-state index is 5.96. The van der Waals surface area contributed by atoms with Crippen molar-refractivity contribution in [2.75, 3.05) is 24.6 Å². The van der Waals surface area contributed by atoms with Gasteiger partial charge in [-0.1, -0.05) is 0 Å². The number of hydrogen-bond donors (Lipinski definition) is 3. The van der Waals surface area contributed by atoms with Gasteiger partial charge in [0, 0.05) is 6.04 Å². The van der Waals surface area contributed by atoms with Crippen LogP contribution in [0.5, 0.6) is 0 Å². The zero-order valence-corrected chi connectivity index (χ0v) is 9.43. The monoisotopic (exact) mass is 233 g/mol. The van der Waals surface area contributed by atoms with Gasteiger partial charge in [0.15, 0.2) is 5.65 Å². The van der Waals surface area contributed by atoms with Gasteiger partial charge in [-0.3, -0.25) is 4.57 Å². The first kappa shape index (κ1) is 10.3. The number of aromatic nitrogens is 4. The first-order chi connectivity index (χ1) is 8.25. The SMILES string of the molecule is Nc1ncc2nc(N)n(C3CCNCC3)c2n1. The lowest BCUT2D eigenvalue weighted by Crippen LogP contribution is -2.30. The minimum atomic E-state index is 0.257. The highest BCUT2D eigenvalue weighted by Gasteiger charge is 2.21. The first-order valence-electron chi connectivity index (χ1n) is 5.72. The van der Waals surface area contributed by atoms with Crippen LogP contribution in [-0.2, 0) is 0 Å². The standard InChI is InChI=1S/C10H15N7/c11-9-14-5-7-8(16-9)17(10(12)15-7)6-1-3-13-4-2-6/h5-6,13H,1-4H2,(H2,12,15)(H2,11,14,16). The summed E-state index contributed by atoms with van der Waals surface area (Å²) in [6.45, 7) is 1.98. The molecule has 0 amide bonds. The van der Waals surface area contributed by atoms with E-state index in [2.05, 4.69) is 20.3 Å². The highest BCUT2D eigenvalue weighted by molar-refractivity contribution is 5.74. The molecule has 0 atom stereocenters. The van der Waals surface area contributed by atoms with Crippen LogP contribution in [0.25, 0.3) is 11.2 Å². The molecule has 5 N–H and O–H groups in total. The van der Waals surface area contributed by atoms with E-state index in [-0.39, 0.29) is 5.95 Å². The average Bonchev–Trinajstić information content (AvgIpc) is 2.65. The lowest BCUT2D eigenvalue weighted by Gasteiger charge is -2.24. The number of nitrogens with zero attached hydrogens (tertiary/aromatic N) is 4. The van der Waals surface area contributed by atoms with E-state index in [9.17, 15) is 0 Å². The summed E-state index contributed by atoms with van der Waals surface area (Å²) in [6.07, 6.45) is 3.67. The van der Waals surface area contributed by atoms with Crippen LogP contribution in [-0.4, -0.2) is 32.6 Å². The van der Waals surface area contributed by atoms with Crippen LogP contribution in [0.1, 0.15) is 18.9 Å². The molecule has 1 aliphatic heterocycles. The van der Waals surface area contributed by atoms with Crippen molar-refractivity contribution in [3.8, 4) is 0 Å². The Bertz CT molecular complexity index is 541. The molecule has 0 unspecified atom stereocenters. The molecule has 0 saturated carbocycles. The molecule has 2 aromatic rings. The van der Waals surface area contributed by atoms with E-state index < -0.39 is 0 Å². The van der Waals surface area contributed by atoms with Crippen molar-refractivity contribution in [3.05, 3.63) is 6.20 Å². The Morgan fingerprint density at radius 1 is 1.24 bits per heavy atom. The topological polar surface area (TPSA) is 108 Å². The third-order valence-electron chi connectivity index (χ3n) is 3.15. The van der Waals surface area contributed by atoms with E-state index in [1.165, 1.54) is 0 Å². The highest BCUT2D eigenvalue weighted by atomic mass is 15.2. The minimum Gasteiger partial charge on any atom is -0.369 e. The molecule has 0 radical (unpaired) electrons. The van der Waals surface area contributed by atoms with Gasteiger partial charge in [-0.2, -0.15) is 4.98 Å². The predicted molar refractivity (Wildman–Crippen MR) is 65.3 cm³/mol. The van der Waals surface area contributed by atoms with E-state index in [4.69, 9.17) is 11.5 Å². The zero-order valence-electron chi connectivity index (χ0n) is 9.43.